The van der Waals surface area contributed by atoms with Crippen molar-refractivity contribution in [3.05, 3.63) is 60.4 Å². The lowest BCUT2D eigenvalue weighted by Crippen LogP contribution is -2.31. The molecule has 0 aliphatic carbocycles. The molecule has 4 rings (SSSR count). The van der Waals surface area contributed by atoms with Crippen molar-refractivity contribution in [3.8, 4) is 11.1 Å². The first-order chi connectivity index (χ1) is 15.0. The van der Waals surface area contributed by atoms with Gasteiger partial charge in [-0.25, -0.2) is 15.0 Å². The number of aromatic nitrogens is 4. The summed E-state index contributed by atoms with van der Waals surface area (Å²) in [4.78, 5) is 30.8. The Balaban J connectivity index is 1.56. The number of rotatable bonds is 7. The molecule has 0 saturated carbocycles. The highest BCUT2D eigenvalue weighted by molar-refractivity contribution is 5.77. The van der Waals surface area contributed by atoms with Crippen molar-refractivity contribution in [1.82, 2.24) is 24.4 Å². The van der Waals surface area contributed by atoms with Gasteiger partial charge < -0.3 is 14.4 Å². The minimum atomic E-state index is -0.0145. The SMILES string of the molecule is Cc1nccn1CCCC(=O)N1CCC[C@H]1c1nc(N(C)C)ncc1-c1ccccc1. The molecule has 0 bridgehead atoms. The number of benzene rings is 1. The van der Waals surface area contributed by atoms with Gasteiger partial charge in [0.25, 0.3) is 0 Å². The normalized spacial score (nSPS) is 16.0. The second-order valence-electron chi connectivity index (χ2n) is 8.25. The molecule has 1 amide bonds. The second-order valence-corrected chi connectivity index (χ2v) is 8.25. The molecule has 1 fully saturated rings. The highest BCUT2D eigenvalue weighted by Gasteiger charge is 2.33. The summed E-state index contributed by atoms with van der Waals surface area (Å²) in [6, 6.07) is 10.2. The molecule has 0 spiro atoms. The van der Waals surface area contributed by atoms with E-state index in [2.05, 4.69) is 26.7 Å². The zero-order chi connectivity index (χ0) is 21.8. The van der Waals surface area contributed by atoms with Crippen LogP contribution in [0.3, 0.4) is 0 Å². The molecule has 3 aromatic rings. The van der Waals surface area contributed by atoms with Crippen LogP contribution in [0.5, 0.6) is 0 Å². The van der Waals surface area contributed by atoms with Gasteiger partial charge in [-0.05, 0) is 31.7 Å². The summed E-state index contributed by atoms with van der Waals surface area (Å²) < 4.78 is 2.09. The van der Waals surface area contributed by atoms with Crippen LogP contribution >= 0.6 is 0 Å². The van der Waals surface area contributed by atoms with Crippen molar-refractivity contribution < 1.29 is 4.79 Å². The first-order valence-corrected chi connectivity index (χ1v) is 10.9. The first kappa shape index (κ1) is 21.0. The van der Waals surface area contributed by atoms with Gasteiger partial charge in [0.05, 0.1) is 11.7 Å². The molecule has 162 valence electrons. The summed E-state index contributed by atoms with van der Waals surface area (Å²) in [6.45, 7) is 3.58. The summed E-state index contributed by atoms with van der Waals surface area (Å²) in [5.74, 6) is 1.85. The quantitative estimate of drug-likeness (QED) is 0.583. The van der Waals surface area contributed by atoms with E-state index in [1.54, 1.807) is 6.20 Å². The van der Waals surface area contributed by atoms with Crippen LogP contribution in [-0.4, -0.2) is 51.0 Å². The fourth-order valence-corrected chi connectivity index (χ4v) is 4.23. The standard InChI is InChI=1S/C24H30N6O/c1-18-25-13-16-29(18)14-8-12-22(31)30-15-7-11-21(30)23-20(19-9-5-4-6-10-19)17-26-24(27-23)28(2)3/h4-6,9-10,13,16-17,21H,7-8,11-12,14-15H2,1-3H3/t21-/m0/s1. The van der Waals surface area contributed by atoms with Crippen LogP contribution in [-0.2, 0) is 11.3 Å². The molecule has 1 aliphatic heterocycles. The van der Waals surface area contributed by atoms with E-state index in [-0.39, 0.29) is 11.9 Å². The third-order valence-electron chi connectivity index (χ3n) is 5.89. The predicted molar refractivity (Wildman–Crippen MR) is 122 cm³/mol. The van der Waals surface area contributed by atoms with Gasteiger partial charge in [0, 0.05) is 57.8 Å². The Morgan fingerprint density at radius 1 is 1.19 bits per heavy atom. The Labute approximate surface area is 183 Å². The van der Waals surface area contributed by atoms with Crippen LogP contribution < -0.4 is 4.90 Å². The van der Waals surface area contributed by atoms with Crippen LogP contribution in [0.1, 0.15) is 43.2 Å². The average molecular weight is 419 g/mol. The number of aryl methyl sites for hydroxylation is 2. The van der Waals surface area contributed by atoms with Gasteiger partial charge in [-0.1, -0.05) is 30.3 Å². The van der Waals surface area contributed by atoms with Crippen molar-refractivity contribution in [2.45, 2.75) is 45.2 Å². The van der Waals surface area contributed by atoms with Crippen molar-refractivity contribution in [1.29, 1.82) is 0 Å². The molecule has 31 heavy (non-hydrogen) atoms. The van der Waals surface area contributed by atoms with Crippen LogP contribution in [0, 0.1) is 6.92 Å². The van der Waals surface area contributed by atoms with Crippen LogP contribution in [0.15, 0.2) is 48.9 Å². The summed E-state index contributed by atoms with van der Waals surface area (Å²) in [6.07, 6.45) is 8.92. The fraction of sp³-hybridized carbons (Fsp3) is 0.417. The largest absolute Gasteiger partial charge is 0.347 e. The van der Waals surface area contributed by atoms with Crippen molar-refractivity contribution >= 4 is 11.9 Å². The van der Waals surface area contributed by atoms with E-state index < -0.39 is 0 Å². The summed E-state index contributed by atoms with van der Waals surface area (Å²) in [7, 11) is 3.88. The molecule has 7 nitrogen and oxygen atoms in total. The van der Waals surface area contributed by atoms with Crippen molar-refractivity contribution in [3.63, 3.8) is 0 Å². The first-order valence-electron chi connectivity index (χ1n) is 10.9. The number of imidazole rings is 1. The highest BCUT2D eigenvalue weighted by atomic mass is 16.2. The highest BCUT2D eigenvalue weighted by Crippen LogP contribution is 2.37. The van der Waals surface area contributed by atoms with Crippen molar-refractivity contribution in [2.75, 3.05) is 25.5 Å². The van der Waals surface area contributed by atoms with Gasteiger partial charge in [0.2, 0.25) is 11.9 Å². The summed E-state index contributed by atoms with van der Waals surface area (Å²) in [5.41, 5.74) is 3.03. The van der Waals surface area contributed by atoms with E-state index in [0.717, 1.165) is 55.0 Å². The Hall–Kier alpha value is -3.22. The molecule has 0 N–H and O–H groups in total. The molecule has 0 unspecified atom stereocenters. The number of nitrogens with zero attached hydrogens (tertiary/aromatic N) is 6. The number of amides is 1. The molecule has 1 saturated heterocycles. The monoisotopic (exact) mass is 418 g/mol. The maximum atomic E-state index is 13.2. The third-order valence-corrected chi connectivity index (χ3v) is 5.89. The lowest BCUT2D eigenvalue weighted by molar-refractivity contribution is -0.132. The van der Waals surface area contributed by atoms with Gasteiger partial charge in [-0.3, -0.25) is 4.79 Å². The zero-order valence-corrected chi connectivity index (χ0v) is 18.5. The number of hydrogen-bond donors (Lipinski definition) is 0. The lowest BCUT2D eigenvalue weighted by Gasteiger charge is -2.27. The number of carbonyl (C=O) groups is 1. The van der Waals surface area contributed by atoms with Gasteiger partial charge in [0.15, 0.2) is 0 Å². The molecular weight excluding hydrogens is 388 g/mol. The minimum absolute atomic E-state index is 0.0145. The Morgan fingerprint density at radius 2 is 2.00 bits per heavy atom. The molecule has 3 heterocycles. The van der Waals surface area contributed by atoms with E-state index in [0.29, 0.717) is 12.4 Å². The summed E-state index contributed by atoms with van der Waals surface area (Å²) >= 11 is 0. The summed E-state index contributed by atoms with van der Waals surface area (Å²) in [5, 5.41) is 0. The smallest absolute Gasteiger partial charge is 0.225 e. The topological polar surface area (TPSA) is 67.2 Å². The molecule has 7 heteroatoms. The molecular formula is C24H30N6O. The average Bonchev–Trinajstić information content (AvgIpc) is 3.43. The van der Waals surface area contributed by atoms with Crippen LogP contribution in [0.25, 0.3) is 11.1 Å². The lowest BCUT2D eigenvalue weighted by atomic mass is 9.99. The molecule has 1 aliphatic rings. The predicted octanol–water partition coefficient (Wildman–Crippen LogP) is 3.86. The van der Waals surface area contributed by atoms with Crippen LogP contribution in [0.2, 0.25) is 0 Å². The maximum Gasteiger partial charge on any atom is 0.225 e. The molecule has 1 atom stereocenters. The minimum Gasteiger partial charge on any atom is -0.347 e. The van der Waals surface area contributed by atoms with E-state index in [4.69, 9.17) is 4.98 Å². The number of likely N-dealkylation sites (tertiary alicyclic amines) is 1. The number of hydrogen-bond acceptors (Lipinski definition) is 5. The fourth-order valence-electron chi connectivity index (χ4n) is 4.23. The van der Waals surface area contributed by atoms with Gasteiger partial charge in [-0.2, -0.15) is 0 Å². The molecule has 0 radical (unpaired) electrons. The number of carbonyl (C=O) groups excluding carboxylic acids is 1. The number of anilines is 1. The van der Waals surface area contributed by atoms with Gasteiger partial charge >= 0.3 is 0 Å². The van der Waals surface area contributed by atoms with Gasteiger partial charge in [0.1, 0.15) is 5.82 Å². The third kappa shape index (κ3) is 4.60. The van der Waals surface area contributed by atoms with Crippen LogP contribution in [0.4, 0.5) is 5.95 Å². The maximum absolute atomic E-state index is 13.2. The van der Waals surface area contributed by atoms with Gasteiger partial charge in [-0.15, -0.1) is 0 Å². The Bertz CT molecular complexity index is 1030. The Kier molecular flexibility index (Phi) is 6.30. The van der Waals surface area contributed by atoms with E-state index in [9.17, 15) is 4.79 Å². The van der Waals surface area contributed by atoms with E-state index in [1.807, 2.05) is 61.4 Å². The molecule has 2 aromatic heterocycles. The van der Waals surface area contributed by atoms with E-state index in [1.165, 1.54) is 0 Å². The van der Waals surface area contributed by atoms with E-state index >= 15 is 0 Å². The molecule has 1 aromatic carbocycles. The second kappa shape index (κ2) is 9.29. The van der Waals surface area contributed by atoms with Crippen molar-refractivity contribution in [2.24, 2.45) is 0 Å². The zero-order valence-electron chi connectivity index (χ0n) is 18.5. The Morgan fingerprint density at radius 3 is 2.71 bits per heavy atom.